The van der Waals surface area contributed by atoms with Gasteiger partial charge in [-0.25, -0.2) is 14.4 Å². The molecule has 0 aliphatic rings. The molecule has 0 saturated heterocycles. The Morgan fingerprint density at radius 1 is 0.481 bits per heavy atom. The van der Waals surface area contributed by atoms with Crippen LogP contribution in [0.2, 0.25) is 0 Å². The molecule has 0 aromatic carbocycles. The Morgan fingerprint density at radius 2 is 0.630 bits per heavy atom. The molecule has 0 aliphatic carbocycles. The summed E-state index contributed by atoms with van der Waals surface area (Å²) in [5, 5.41) is 0. The number of halogens is 9. The van der Waals surface area contributed by atoms with Crippen LogP contribution in [0, 0.1) is 0 Å². The van der Waals surface area contributed by atoms with E-state index in [1.165, 1.54) is 0 Å². The highest BCUT2D eigenvalue weighted by atomic mass is 27.3. The van der Waals surface area contributed by atoms with E-state index < -0.39 is 51.6 Å². The molecule has 0 amide bonds. The molecule has 166 valence electrons. The molecule has 0 fully saturated rings. The normalized spacial score (nSPS) is 10.1. The van der Waals surface area contributed by atoms with Crippen LogP contribution in [0.1, 0.15) is 0 Å². The molecule has 0 saturated carbocycles. The van der Waals surface area contributed by atoms with E-state index in [-0.39, 0.29) is 27.4 Å². The van der Waals surface area contributed by atoms with Crippen LogP contribution in [0.15, 0.2) is 0 Å². The van der Waals surface area contributed by atoms with Gasteiger partial charge < -0.3 is 38.7 Å². The molecular weight excluding hydrogens is 446 g/mol. The molecule has 0 aliphatic heterocycles. The summed E-state index contributed by atoms with van der Waals surface area (Å²) in [4.78, 5) is 30.8. The smallest absolute Gasteiger partial charge is 0.544 e. The zero-order valence-corrected chi connectivity index (χ0v) is 13.1. The van der Waals surface area contributed by atoms with Crippen molar-refractivity contribution in [1.82, 2.24) is 0 Å². The summed E-state index contributed by atoms with van der Waals surface area (Å²) >= 11 is -5.42. The van der Waals surface area contributed by atoms with E-state index in [9.17, 15) is 53.9 Å². The Bertz CT molecular complexity index is 392. The fourth-order valence-electron chi connectivity index (χ4n) is 0.535. The summed E-state index contributed by atoms with van der Waals surface area (Å²) in [7, 11) is 0. The first-order chi connectivity index (χ1) is 9.55. The molecule has 27 heavy (non-hydrogen) atoms. The molecule has 0 unspecified atom stereocenters. The first-order valence-electron chi connectivity index (χ1n) is 4.38. The van der Waals surface area contributed by atoms with Gasteiger partial charge in [0.15, 0.2) is 0 Å². The molecule has 0 atom stereocenters. The van der Waals surface area contributed by atoms with Crippen molar-refractivity contribution in [2.45, 2.75) is 18.5 Å². The summed E-state index contributed by atoms with van der Waals surface area (Å²) in [6.07, 6.45) is -17.5. The summed E-state index contributed by atoms with van der Waals surface area (Å²) in [6.45, 7) is 0. The van der Waals surface area contributed by atoms with Crippen molar-refractivity contribution >= 4 is 33.1 Å². The molecule has 0 bridgehead atoms. The Kier molecular flexibility index (Phi) is 19.7. The van der Waals surface area contributed by atoms with E-state index in [1.54, 1.807) is 0 Å². The minimum atomic E-state index is -5.85. The largest absolute Gasteiger partial charge is 1.20 e. The van der Waals surface area contributed by atoms with Crippen LogP contribution in [0.4, 0.5) is 39.5 Å². The third-order valence-electron chi connectivity index (χ3n) is 1.30. The van der Waals surface area contributed by atoms with Gasteiger partial charge in [0.2, 0.25) is 0 Å². The first-order valence-corrected chi connectivity index (χ1v) is 5.80. The molecule has 0 rings (SSSR count). The number of carbonyl (C=O) groups is 3. The molecule has 10 N–H and O–H groups in total. The second-order valence-corrected chi connectivity index (χ2v) is 4.28. The fraction of sp³-hybridized carbons (Fsp3) is 0.500. The van der Waals surface area contributed by atoms with Crippen LogP contribution in [-0.4, -0.2) is 79.0 Å². The van der Waals surface area contributed by atoms with Gasteiger partial charge in [0, 0.05) is 0 Å². The Morgan fingerprint density at radius 3 is 0.741 bits per heavy atom. The van der Waals surface area contributed by atoms with Crippen molar-refractivity contribution in [3.05, 3.63) is 0 Å². The number of carbonyl (C=O) groups excluding carboxylic acids is 3. The predicted octanol–water partition coefficient (Wildman–Crippen LogP) is -2.84. The highest BCUT2D eigenvalue weighted by Gasteiger charge is 2.60. The van der Waals surface area contributed by atoms with Crippen molar-refractivity contribution in [2.75, 3.05) is 0 Å². The third-order valence-corrected chi connectivity index (χ3v) is 2.52. The zero-order chi connectivity index (χ0) is 17.9. The van der Waals surface area contributed by atoms with E-state index in [2.05, 4.69) is 11.4 Å². The number of alkyl halides is 9. The van der Waals surface area contributed by atoms with Crippen LogP contribution in [-0.2, 0) is 25.7 Å². The van der Waals surface area contributed by atoms with Gasteiger partial charge in [0.05, 0.1) is 0 Å². The van der Waals surface area contributed by atoms with Crippen LogP contribution in [0.3, 0.4) is 0 Å². The van der Waals surface area contributed by atoms with E-state index in [0.29, 0.717) is 0 Å². The standard InChI is InChI=1S/3C2HF3O2.Al.5H2O/c3*3-2(4,5)1(6)7;;;;;;/h3*(H,6,7);;5*1H2/q;;;+3;;;;;/p-3. The maximum atomic E-state index is 11.8. The van der Waals surface area contributed by atoms with Crippen molar-refractivity contribution in [1.29, 1.82) is 0 Å². The number of hydrogen-bond acceptors (Lipinski definition) is 6. The summed E-state index contributed by atoms with van der Waals surface area (Å²) < 4.78 is 115. The first kappa shape index (κ1) is 40.0. The van der Waals surface area contributed by atoms with Crippen molar-refractivity contribution in [3.63, 3.8) is 0 Å². The quantitative estimate of drug-likeness (QED) is 0.320. The maximum Gasteiger partial charge on any atom is 1.20 e. The van der Waals surface area contributed by atoms with Gasteiger partial charge in [-0.2, -0.15) is 39.5 Å². The van der Waals surface area contributed by atoms with E-state index in [0.717, 1.165) is 0 Å². The molecule has 21 heteroatoms. The summed E-state index contributed by atoms with van der Waals surface area (Å²) in [5.41, 5.74) is 0. The fourth-order valence-corrected chi connectivity index (χ4v) is 1.60. The predicted molar refractivity (Wildman–Crippen MR) is 60.3 cm³/mol. The van der Waals surface area contributed by atoms with Crippen LogP contribution < -0.4 is 0 Å². The average Bonchev–Trinajstić information content (AvgIpc) is 2.24. The molecule has 0 spiro atoms. The van der Waals surface area contributed by atoms with Crippen LogP contribution in [0.25, 0.3) is 0 Å². The Hall–Kier alpha value is -1.89. The van der Waals surface area contributed by atoms with Crippen LogP contribution in [0.5, 0.6) is 0 Å². The Labute approximate surface area is 145 Å². The van der Waals surface area contributed by atoms with Gasteiger partial charge in [0.1, 0.15) is 0 Å². The Balaban J connectivity index is -0.000000220. The molecule has 11 nitrogen and oxygen atoms in total. The van der Waals surface area contributed by atoms with Crippen LogP contribution >= 0.6 is 0 Å². The number of rotatable bonds is 3. The molecule has 0 aromatic heterocycles. The van der Waals surface area contributed by atoms with Crippen molar-refractivity contribution < 1.29 is 92.6 Å². The van der Waals surface area contributed by atoms with Gasteiger partial charge in [-0.1, -0.05) is 0 Å². The molecule has 0 radical (unpaired) electrons. The second kappa shape index (κ2) is 13.3. The van der Waals surface area contributed by atoms with Crippen molar-refractivity contribution in [2.24, 2.45) is 0 Å². The lowest BCUT2D eigenvalue weighted by Crippen LogP contribution is -2.44. The van der Waals surface area contributed by atoms with Gasteiger partial charge in [-0.15, -0.1) is 0 Å². The minimum absolute atomic E-state index is 0. The van der Waals surface area contributed by atoms with E-state index in [4.69, 9.17) is 0 Å². The van der Waals surface area contributed by atoms with Gasteiger partial charge in [0.25, 0.3) is 0 Å². The highest BCUT2D eigenvalue weighted by molar-refractivity contribution is 6.44. The highest BCUT2D eigenvalue weighted by Crippen LogP contribution is 2.22. The SMILES string of the molecule is O.O.O.O.O.O=C([O][Al]([O]C(=O)C(F)(F)F)[O]C(=O)C(F)(F)F)C(F)(F)F. The van der Waals surface area contributed by atoms with E-state index in [1.807, 2.05) is 0 Å². The van der Waals surface area contributed by atoms with Gasteiger partial charge in [-0.05, 0) is 0 Å². The summed E-state index contributed by atoms with van der Waals surface area (Å²) in [6, 6.07) is 0. The average molecular weight is 456 g/mol. The zero-order valence-electron chi connectivity index (χ0n) is 11.9. The summed E-state index contributed by atoms with van der Waals surface area (Å²) in [5.74, 6) is -9.93. The lowest BCUT2D eigenvalue weighted by Gasteiger charge is -2.15. The minimum Gasteiger partial charge on any atom is -0.544 e. The lowest BCUT2D eigenvalue weighted by molar-refractivity contribution is -0.206. The molecular formula is C6H10AlF9O11. The van der Waals surface area contributed by atoms with Gasteiger partial charge in [-0.3, -0.25) is 0 Å². The topological polar surface area (TPSA) is 236 Å². The van der Waals surface area contributed by atoms with E-state index >= 15 is 0 Å². The molecule has 0 aromatic rings. The lowest BCUT2D eigenvalue weighted by atomic mass is 10.7. The van der Waals surface area contributed by atoms with Crippen molar-refractivity contribution in [3.8, 4) is 0 Å². The third kappa shape index (κ3) is 14.9. The van der Waals surface area contributed by atoms with Gasteiger partial charge >= 0.3 is 51.6 Å². The number of hydrogen-bond donors (Lipinski definition) is 0. The maximum absolute atomic E-state index is 11.8. The molecule has 0 heterocycles. The monoisotopic (exact) mass is 456 g/mol. The second-order valence-electron chi connectivity index (χ2n) is 3.00.